The molecule has 1 unspecified atom stereocenters. The van der Waals surface area contributed by atoms with Gasteiger partial charge in [0.05, 0.1) is 6.04 Å². The molecule has 7 heteroatoms. The van der Waals surface area contributed by atoms with Gasteiger partial charge in [-0.3, -0.25) is 14.2 Å². The van der Waals surface area contributed by atoms with Gasteiger partial charge in [-0.1, -0.05) is 36.4 Å². The Morgan fingerprint density at radius 3 is 3.00 bits per heavy atom. The molecule has 1 amide bonds. The predicted molar refractivity (Wildman–Crippen MR) is 97.1 cm³/mol. The summed E-state index contributed by atoms with van der Waals surface area (Å²) in [6.07, 6.45) is 0.879. The summed E-state index contributed by atoms with van der Waals surface area (Å²) in [5.74, 6) is 0.541. The first kappa shape index (κ1) is 17.0. The second-order valence-corrected chi connectivity index (χ2v) is 7.14. The molecule has 1 N–H and O–H groups in total. The van der Waals surface area contributed by atoms with Crippen molar-refractivity contribution in [3.63, 3.8) is 0 Å². The van der Waals surface area contributed by atoms with E-state index in [4.69, 9.17) is 11.6 Å². The van der Waals surface area contributed by atoms with Crippen molar-refractivity contribution in [2.75, 3.05) is 11.1 Å². The van der Waals surface area contributed by atoms with Crippen LogP contribution in [0.4, 0.5) is 5.69 Å². The van der Waals surface area contributed by atoms with Crippen LogP contribution in [-0.2, 0) is 11.2 Å². The Balaban J connectivity index is 1.79. The maximum absolute atomic E-state index is 12.7. The van der Waals surface area contributed by atoms with Gasteiger partial charge in [0.2, 0.25) is 5.91 Å². The predicted octanol–water partition coefficient (Wildman–Crippen LogP) is 3.44. The molecule has 1 aromatic carbocycles. The average molecular weight is 364 g/mol. The largest absolute Gasteiger partial charge is 0.326 e. The topological polar surface area (TPSA) is 64.0 Å². The second-order valence-electron chi connectivity index (χ2n) is 5.71. The fourth-order valence-corrected chi connectivity index (χ4v) is 4.24. The zero-order chi connectivity index (χ0) is 17.3. The molecular weight excluding hydrogens is 346 g/mol. The molecule has 0 spiro atoms. The molecule has 126 valence electrons. The van der Waals surface area contributed by atoms with E-state index in [0.717, 1.165) is 11.3 Å². The molecular formula is C17H18ClN3O2S. The van der Waals surface area contributed by atoms with Gasteiger partial charge in [0, 0.05) is 34.1 Å². The van der Waals surface area contributed by atoms with E-state index in [1.165, 1.54) is 11.8 Å². The maximum atomic E-state index is 12.7. The fourth-order valence-electron chi connectivity index (χ4n) is 2.87. The molecule has 0 fully saturated rings. The number of thioether (sulfide) groups is 1. The number of aryl methyl sites for hydroxylation is 1. The van der Waals surface area contributed by atoms with Crippen LogP contribution >= 0.6 is 23.4 Å². The Morgan fingerprint density at radius 2 is 2.29 bits per heavy atom. The highest BCUT2D eigenvalue weighted by Gasteiger charge is 2.28. The standard InChI is InChI=1S/C17H18ClN3O2S/c1-3-14-10(2)19-17-21(16(14)23)13(9-24-17)8-15(22)20-12-6-4-5-11(18)7-12/h4-7,13H,3,8-9H2,1-2H3,(H,20,22). The van der Waals surface area contributed by atoms with Gasteiger partial charge in [-0.15, -0.1) is 0 Å². The molecule has 2 aromatic rings. The van der Waals surface area contributed by atoms with E-state index >= 15 is 0 Å². The molecule has 0 aliphatic carbocycles. The Labute approximate surface area is 149 Å². The highest BCUT2D eigenvalue weighted by Crippen LogP contribution is 2.32. The minimum absolute atomic E-state index is 0.0226. The van der Waals surface area contributed by atoms with E-state index in [-0.39, 0.29) is 23.9 Å². The summed E-state index contributed by atoms with van der Waals surface area (Å²) < 4.78 is 1.67. The van der Waals surface area contributed by atoms with Crippen LogP contribution in [0.2, 0.25) is 5.02 Å². The minimum Gasteiger partial charge on any atom is -0.326 e. The Hall–Kier alpha value is -1.79. The number of anilines is 1. The van der Waals surface area contributed by atoms with Crippen LogP contribution in [0.3, 0.4) is 0 Å². The van der Waals surface area contributed by atoms with Crippen LogP contribution in [0, 0.1) is 6.92 Å². The lowest BCUT2D eigenvalue weighted by Gasteiger charge is -2.15. The van der Waals surface area contributed by atoms with Crippen molar-refractivity contribution in [1.82, 2.24) is 9.55 Å². The zero-order valence-electron chi connectivity index (χ0n) is 13.5. The lowest BCUT2D eigenvalue weighted by Crippen LogP contribution is -2.30. The second kappa shape index (κ2) is 6.99. The van der Waals surface area contributed by atoms with Crippen molar-refractivity contribution in [1.29, 1.82) is 0 Å². The molecule has 5 nitrogen and oxygen atoms in total. The van der Waals surface area contributed by atoms with Gasteiger partial charge in [-0.2, -0.15) is 0 Å². The van der Waals surface area contributed by atoms with Crippen LogP contribution in [0.25, 0.3) is 0 Å². The third-order valence-electron chi connectivity index (χ3n) is 4.04. The summed E-state index contributed by atoms with van der Waals surface area (Å²) in [6, 6.07) is 6.84. The SMILES string of the molecule is CCc1c(C)nc2n(c1=O)C(CC(=O)Nc1cccc(Cl)c1)CS2. The molecule has 0 saturated carbocycles. The zero-order valence-corrected chi connectivity index (χ0v) is 15.1. The number of carbonyl (C=O) groups excluding carboxylic acids is 1. The number of amides is 1. The number of aromatic nitrogens is 2. The molecule has 3 rings (SSSR count). The summed E-state index contributed by atoms with van der Waals surface area (Å²) in [7, 11) is 0. The van der Waals surface area contributed by atoms with E-state index in [1.807, 2.05) is 13.8 Å². The number of fused-ring (bicyclic) bond motifs is 1. The van der Waals surface area contributed by atoms with Gasteiger partial charge in [0.25, 0.3) is 5.56 Å². The molecule has 0 radical (unpaired) electrons. The van der Waals surface area contributed by atoms with Crippen molar-refractivity contribution < 1.29 is 4.79 Å². The van der Waals surface area contributed by atoms with E-state index < -0.39 is 0 Å². The van der Waals surface area contributed by atoms with E-state index in [1.54, 1.807) is 28.8 Å². The third-order valence-corrected chi connectivity index (χ3v) is 5.37. The van der Waals surface area contributed by atoms with E-state index in [0.29, 0.717) is 28.0 Å². The highest BCUT2D eigenvalue weighted by atomic mass is 35.5. The van der Waals surface area contributed by atoms with Crippen LogP contribution in [0.5, 0.6) is 0 Å². The van der Waals surface area contributed by atoms with Gasteiger partial charge < -0.3 is 5.32 Å². The first-order valence-corrected chi connectivity index (χ1v) is 9.16. The Bertz CT molecular complexity index is 850. The normalized spacial score (nSPS) is 16.0. The summed E-state index contributed by atoms with van der Waals surface area (Å²) in [5, 5.41) is 4.10. The molecule has 0 saturated heterocycles. The first-order valence-electron chi connectivity index (χ1n) is 7.79. The highest BCUT2D eigenvalue weighted by molar-refractivity contribution is 7.99. The Kier molecular flexibility index (Phi) is 4.96. The molecule has 1 aliphatic rings. The van der Waals surface area contributed by atoms with Crippen LogP contribution < -0.4 is 10.9 Å². The summed E-state index contributed by atoms with van der Waals surface area (Å²) in [5.41, 5.74) is 2.14. The van der Waals surface area contributed by atoms with Gasteiger partial charge in [-0.25, -0.2) is 4.98 Å². The molecule has 24 heavy (non-hydrogen) atoms. The smallest absolute Gasteiger partial charge is 0.257 e. The number of carbonyl (C=O) groups is 1. The number of halogens is 1. The van der Waals surface area contributed by atoms with Gasteiger partial charge in [-0.05, 0) is 31.5 Å². The molecule has 1 aliphatic heterocycles. The van der Waals surface area contributed by atoms with Crippen molar-refractivity contribution >= 4 is 35.0 Å². The van der Waals surface area contributed by atoms with Crippen molar-refractivity contribution in [3.05, 3.63) is 50.9 Å². The number of nitrogens with one attached hydrogen (secondary N) is 1. The number of rotatable bonds is 4. The lowest BCUT2D eigenvalue weighted by atomic mass is 10.1. The van der Waals surface area contributed by atoms with E-state index in [9.17, 15) is 9.59 Å². The molecule has 2 heterocycles. The summed E-state index contributed by atoms with van der Waals surface area (Å²) in [4.78, 5) is 29.5. The maximum Gasteiger partial charge on any atom is 0.257 e. The van der Waals surface area contributed by atoms with Crippen molar-refractivity contribution in [3.8, 4) is 0 Å². The minimum atomic E-state index is -0.171. The van der Waals surface area contributed by atoms with Crippen LogP contribution in [-0.4, -0.2) is 21.2 Å². The van der Waals surface area contributed by atoms with Crippen molar-refractivity contribution in [2.24, 2.45) is 0 Å². The lowest BCUT2D eigenvalue weighted by molar-refractivity contribution is -0.116. The molecule has 0 bridgehead atoms. The number of hydrogen-bond donors (Lipinski definition) is 1. The fraction of sp³-hybridized carbons (Fsp3) is 0.353. The first-order chi connectivity index (χ1) is 11.5. The number of hydrogen-bond acceptors (Lipinski definition) is 4. The number of benzene rings is 1. The Morgan fingerprint density at radius 1 is 1.50 bits per heavy atom. The monoisotopic (exact) mass is 363 g/mol. The van der Waals surface area contributed by atoms with E-state index in [2.05, 4.69) is 10.3 Å². The third kappa shape index (κ3) is 3.35. The number of nitrogens with zero attached hydrogens (tertiary/aromatic N) is 2. The molecule has 1 atom stereocenters. The molecule has 1 aromatic heterocycles. The van der Waals surface area contributed by atoms with Gasteiger partial charge in [0.1, 0.15) is 0 Å². The quantitative estimate of drug-likeness (QED) is 0.845. The van der Waals surface area contributed by atoms with Crippen molar-refractivity contribution in [2.45, 2.75) is 37.9 Å². The summed E-state index contributed by atoms with van der Waals surface area (Å²) >= 11 is 7.45. The average Bonchev–Trinajstić information content (AvgIpc) is 2.90. The van der Waals surface area contributed by atoms with Crippen LogP contribution in [0.1, 0.15) is 30.6 Å². The van der Waals surface area contributed by atoms with Gasteiger partial charge >= 0.3 is 0 Å². The van der Waals surface area contributed by atoms with Gasteiger partial charge in [0.15, 0.2) is 5.16 Å². The van der Waals surface area contributed by atoms with Crippen LogP contribution in [0.15, 0.2) is 34.2 Å². The summed E-state index contributed by atoms with van der Waals surface area (Å²) in [6.45, 7) is 3.81.